The second-order valence-corrected chi connectivity index (χ2v) is 9.75. The van der Waals surface area contributed by atoms with E-state index in [0.717, 1.165) is 39.5 Å². The number of benzene rings is 2. The Labute approximate surface area is 210 Å². The van der Waals surface area contributed by atoms with E-state index in [1.807, 2.05) is 56.5 Å². The number of carbonyl (C=O) groups excluding carboxylic acids is 1. The molecule has 184 valence electrons. The van der Waals surface area contributed by atoms with Crippen LogP contribution in [0.25, 0.3) is 17.0 Å². The minimum atomic E-state index is -0.387. The molecule has 2 aromatic carbocycles. The molecule has 1 aromatic heterocycles. The molecule has 7 nitrogen and oxygen atoms in total. The number of urea groups is 1. The van der Waals surface area contributed by atoms with Crippen molar-refractivity contribution in [1.82, 2.24) is 20.4 Å². The fourth-order valence-corrected chi connectivity index (χ4v) is 4.49. The van der Waals surface area contributed by atoms with E-state index < -0.39 is 0 Å². The number of ether oxygens (including phenoxy) is 1. The third kappa shape index (κ3) is 5.53. The van der Waals surface area contributed by atoms with Gasteiger partial charge in [0.1, 0.15) is 5.75 Å². The summed E-state index contributed by atoms with van der Waals surface area (Å²) in [6.45, 7) is 9.44. The largest absolute Gasteiger partial charge is 0.494 e. The molecule has 2 amide bonds. The van der Waals surface area contributed by atoms with Crippen LogP contribution in [0.2, 0.25) is 0 Å². The maximum atomic E-state index is 13.1. The van der Waals surface area contributed by atoms with Crippen molar-refractivity contribution < 1.29 is 14.1 Å². The van der Waals surface area contributed by atoms with Crippen LogP contribution < -0.4 is 10.1 Å². The maximum Gasteiger partial charge on any atom is 0.322 e. The summed E-state index contributed by atoms with van der Waals surface area (Å²) in [5.74, 6) is 2.17. The van der Waals surface area contributed by atoms with Crippen molar-refractivity contribution in [2.75, 3.05) is 19.4 Å². The van der Waals surface area contributed by atoms with Gasteiger partial charge in [0, 0.05) is 22.7 Å². The van der Waals surface area contributed by atoms with E-state index in [1.54, 1.807) is 16.7 Å². The monoisotopic (exact) mass is 492 g/mol. The van der Waals surface area contributed by atoms with Gasteiger partial charge >= 0.3 is 6.03 Å². The Morgan fingerprint density at radius 2 is 1.86 bits per heavy atom. The van der Waals surface area contributed by atoms with Gasteiger partial charge in [0.05, 0.1) is 18.2 Å². The lowest BCUT2D eigenvalue weighted by Crippen LogP contribution is -2.46. The number of nitrogens with zero attached hydrogens (tertiary/aromatic N) is 3. The van der Waals surface area contributed by atoms with Crippen molar-refractivity contribution >= 4 is 23.4 Å². The summed E-state index contributed by atoms with van der Waals surface area (Å²) in [6.07, 6.45) is 2.94. The zero-order valence-electron chi connectivity index (χ0n) is 20.9. The van der Waals surface area contributed by atoms with Crippen LogP contribution in [0.15, 0.2) is 63.6 Å². The van der Waals surface area contributed by atoms with E-state index in [4.69, 9.17) is 14.2 Å². The second-order valence-electron chi connectivity index (χ2n) is 8.87. The van der Waals surface area contributed by atoms with Crippen LogP contribution in [0.1, 0.15) is 51.6 Å². The summed E-state index contributed by atoms with van der Waals surface area (Å²) in [7, 11) is 0. The van der Waals surface area contributed by atoms with Gasteiger partial charge in [-0.05, 0) is 74.4 Å². The zero-order chi connectivity index (χ0) is 24.9. The first kappa shape index (κ1) is 24.9. The van der Waals surface area contributed by atoms with Crippen molar-refractivity contribution in [2.24, 2.45) is 5.92 Å². The highest BCUT2D eigenvalue weighted by molar-refractivity contribution is 7.98. The third-order valence-corrected chi connectivity index (χ3v) is 6.80. The van der Waals surface area contributed by atoms with Crippen LogP contribution >= 0.6 is 11.8 Å². The Hall–Kier alpha value is -3.26. The number of thioether (sulfide) groups is 1. The van der Waals surface area contributed by atoms with Gasteiger partial charge in [-0.25, -0.2) is 4.79 Å². The fourth-order valence-electron chi connectivity index (χ4n) is 4.08. The summed E-state index contributed by atoms with van der Waals surface area (Å²) < 4.78 is 11.3. The number of aromatic nitrogens is 2. The van der Waals surface area contributed by atoms with E-state index in [2.05, 4.69) is 36.5 Å². The normalized spacial score (nSPS) is 16.1. The van der Waals surface area contributed by atoms with Crippen molar-refractivity contribution in [3.05, 3.63) is 65.7 Å². The average molecular weight is 493 g/mol. The lowest BCUT2D eigenvalue weighted by Gasteiger charge is -2.35. The summed E-state index contributed by atoms with van der Waals surface area (Å²) in [4.78, 5) is 20.8. The number of nitrogens with one attached hydrogen (secondary N) is 1. The SMILES string of the molecule is CCOc1ccc(-c2noc(C3=C(C)N(CCC(C)C)C(=O)NC3c3ccc(SC)cc3)n2)cc1. The minimum absolute atomic E-state index is 0.114. The Balaban J connectivity index is 1.73. The van der Waals surface area contributed by atoms with Crippen molar-refractivity contribution in [3.63, 3.8) is 0 Å². The van der Waals surface area contributed by atoms with Gasteiger partial charge < -0.3 is 14.6 Å². The molecule has 1 aliphatic heterocycles. The standard InChI is InChI=1S/C27H32N4O3S/c1-6-33-21-11-7-20(8-12-21)25-29-26(34-30-25)23-18(4)31(16-15-17(2)3)27(32)28-24(23)19-9-13-22(35-5)14-10-19/h7-14,17,24H,6,15-16H2,1-5H3,(H,28,32). The Morgan fingerprint density at radius 3 is 2.49 bits per heavy atom. The highest BCUT2D eigenvalue weighted by Crippen LogP contribution is 2.38. The molecular weight excluding hydrogens is 460 g/mol. The van der Waals surface area contributed by atoms with Gasteiger partial charge in [-0.3, -0.25) is 4.90 Å². The Kier molecular flexibility index (Phi) is 7.80. The Morgan fingerprint density at radius 1 is 1.14 bits per heavy atom. The average Bonchev–Trinajstić information content (AvgIpc) is 3.34. The number of rotatable bonds is 9. The number of hydrogen-bond donors (Lipinski definition) is 1. The summed E-state index contributed by atoms with van der Waals surface area (Å²) in [6, 6.07) is 15.3. The number of amides is 2. The topological polar surface area (TPSA) is 80.5 Å². The predicted molar refractivity (Wildman–Crippen MR) is 139 cm³/mol. The Bertz CT molecular complexity index is 1190. The quantitative estimate of drug-likeness (QED) is 0.348. The fraction of sp³-hybridized carbons (Fsp3) is 0.370. The molecule has 0 spiro atoms. The van der Waals surface area contributed by atoms with E-state index in [9.17, 15) is 4.79 Å². The molecule has 3 aromatic rings. The molecular formula is C27H32N4O3S. The molecule has 0 bridgehead atoms. The highest BCUT2D eigenvalue weighted by atomic mass is 32.2. The van der Waals surface area contributed by atoms with Crippen molar-refractivity contribution in [1.29, 1.82) is 0 Å². The van der Waals surface area contributed by atoms with Crippen LogP contribution in [0.3, 0.4) is 0 Å². The summed E-state index contributed by atoms with van der Waals surface area (Å²) in [5.41, 5.74) is 3.44. The molecule has 2 heterocycles. The minimum Gasteiger partial charge on any atom is -0.494 e. The third-order valence-electron chi connectivity index (χ3n) is 6.06. The van der Waals surface area contributed by atoms with Crippen LogP contribution in [0.5, 0.6) is 5.75 Å². The van der Waals surface area contributed by atoms with Gasteiger partial charge in [0.2, 0.25) is 5.82 Å². The first-order chi connectivity index (χ1) is 16.9. The number of carbonyl (C=O) groups is 1. The van der Waals surface area contributed by atoms with E-state index >= 15 is 0 Å². The molecule has 1 atom stereocenters. The molecule has 0 saturated carbocycles. The van der Waals surface area contributed by atoms with Crippen molar-refractivity contribution in [3.8, 4) is 17.1 Å². The summed E-state index contributed by atoms with van der Waals surface area (Å²) in [5, 5.41) is 7.42. The zero-order valence-corrected chi connectivity index (χ0v) is 21.7. The lowest BCUT2D eigenvalue weighted by molar-refractivity contribution is 0.202. The van der Waals surface area contributed by atoms with Gasteiger partial charge in [-0.1, -0.05) is 31.1 Å². The van der Waals surface area contributed by atoms with Gasteiger partial charge in [-0.2, -0.15) is 4.98 Å². The lowest BCUT2D eigenvalue weighted by atomic mass is 9.94. The van der Waals surface area contributed by atoms with E-state index in [-0.39, 0.29) is 12.1 Å². The maximum absolute atomic E-state index is 13.1. The number of hydrogen-bond acceptors (Lipinski definition) is 6. The molecule has 1 aliphatic rings. The molecule has 35 heavy (non-hydrogen) atoms. The molecule has 8 heteroatoms. The molecule has 0 radical (unpaired) electrons. The van der Waals surface area contributed by atoms with E-state index in [0.29, 0.717) is 30.8 Å². The van der Waals surface area contributed by atoms with Crippen LogP contribution in [-0.2, 0) is 0 Å². The molecule has 0 fully saturated rings. The van der Waals surface area contributed by atoms with Gasteiger partial charge in [0.25, 0.3) is 5.89 Å². The van der Waals surface area contributed by atoms with E-state index in [1.165, 1.54) is 0 Å². The summed E-state index contributed by atoms with van der Waals surface area (Å²) >= 11 is 1.68. The van der Waals surface area contributed by atoms with Crippen LogP contribution in [0.4, 0.5) is 4.79 Å². The van der Waals surface area contributed by atoms with Gasteiger partial charge in [-0.15, -0.1) is 11.8 Å². The first-order valence-electron chi connectivity index (χ1n) is 11.9. The number of allylic oxidation sites excluding steroid dienone is 1. The molecule has 1 unspecified atom stereocenters. The highest BCUT2D eigenvalue weighted by Gasteiger charge is 2.35. The van der Waals surface area contributed by atoms with Crippen LogP contribution in [-0.4, -0.2) is 40.5 Å². The molecule has 1 N–H and O–H groups in total. The van der Waals surface area contributed by atoms with Crippen LogP contribution in [0, 0.1) is 5.92 Å². The second kappa shape index (κ2) is 11.0. The van der Waals surface area contributed by atoms with Gasteiger partial charge in [0.15, 0.2) is 0 Å². The van der Waals surface area contributed by atoms with Crippen molar-refractivity contribution in [2.45, 2.75) is 45.1 Å². The molecule has 4 rings (SSSR count). The molecule has 0 aliphatic carbocycles. The smallest absolute Gasteiger partial charge is 0.322 e. The molecule has 0 saturated heterocycles. The predicted octanol–water partition coefficient (Wildman–Crippen LogP) is 6.40. The first-order valence-corrected chi connectivity index (χ1v) is 13.1.